The molecule has 0 bridgehead atoms. The molecule has 1 unspecified atom stereocenters. The fraction of sp³-hybridized carbons (Fsp3) is 0.182. The van der Waals surface area contributed by atoms with Gasteiger partial charge in [-0.1, -0.05) is 46.9 Å². The zero-order valence-electron chi connectivity index (χ0n) is 8.06. The van der Waals surface area contributed by atoms with E-state index in [0.717, 1.165) is 11.3 Å². The van der Waals surface area contributed by atoms with Crippen LogP contribution in [-0.2, 0) is 6.54 Å². The van der Waals surface area contributed by atoms with E-state index >= 15 is 0 Å². The lowest BCUT2D eigenvalue weighted by Gasteiger charge is -2.08. The van der Waals surface area contributed by atoms with E-state index < -0.39 is 0 Å². The maximum Gasteiger partial charge on any atom is 0.180 e. The number of nitrogens with zero attached hydrogens (tertiary/aromatic N) is 1. The molecular weight excluding hydrogens is 303 g/mol. The molecule has 2 aromatic rings. The fourth-order valence-corrected chi connectivity index (χ4v) is 2.09. The summed E-state index contributed by atoms with van der Waals surface area (Å²) in [4.78, 5) is 4.14. The van der Waals surface area contributed by atoms with E-state index in [-0.39, 0.29) is 3.92 Å². The number of hydrogen-bond acceptors (Lipinski definition) is 3. The van der Waals surface area contributed by atoms with Crippen molar-refractivity contribution in [3.8, 4) is 0 Å². The van der Waals surface area contributed by atoms with E-state index in [1.165, 1.54) is 12.0 Å². The van der Waals surface area contributed by atoms with Gasteiger partial charge in [-0.25, -0.2) is 4.98 Å². The van der Waals surface area contributed by atoms with E-state index in [9.17, 15) is 0 Å². The highest BCUT2D eigenvalue weighted by molar-refractivity contribution is 14.1. The first kappa shape index (κ1) is 10.6. The molecule has 0 amide bonds. The lowest BCUT2D eigenvalue weighted by Crippen LogP contribution is -1.99. The highest BCUT2D eigenvalue weighted by atomic mass is 127. The van der Waals surface area contributed by atoms with Gasteiger partial charge in [0.2, 0.25) is 0 Å². The molecule has 2 N–H and O–H groups in total. The fourth-order valence-electron chi connectivity index (χ4n) is 1.40. The summed E-state index contributed by atoms with van der Waals surface area (Å²) in [6.45, 7) is 0.565. The Morgan fingerprint density at radius 2 is 2.33 bits per heavy atom. The van der Waals surface area contributed by atoms with Gasteiger partial charge in [-0.15, -0.1) is 0 Å². The van der Waals surface area contributed by atoms with E-state index in [4.69, 9.17) is 10.2 Å². The average molecular weight is 314 g/mol. The normalized spacial score (nSPS) is 12.7. The Bertz CT molecular complexity index is 428. The van der Waals surface area contributed by atoms with Gasteiger partial charge in [-0.3, -0.25) is 0 Å². The van der Waals surface area contributed by atoms with Crippen LogP contribution in [0.3, 0.4) is 0 Å². The number of rotatable bonds is 3. The molecule has 0 aliphatic carbocycles. The molecule has 0 aliphatic heterocycles. The second-order valence-corrected chi connectivity index (χ2v) is 4.47. The first-order chi connectivity index (χ1) is 7.31. The first-order valence-electron chi connectivity index (χ1n) is 4.62. The van der Waals surface area contributed by atoms with Gasteiger partial charge in [0.25, 0.3) is 0 Å². The molecule has 0 spiro atoms. The third-order valence-corrected chi connectivity index (χ3v) is 3.55. The molecule has 1 heterocycles. The summed E-state index contributed by atoms with van der Waals surface area (Å²) in [6.07, 6.45) is 3.13. The van der Waals surface area contributed by atoms with E-state index in [2.05, 4.69) is 39.7 Å². The molecule has 0 aliphatic rings. The molecule has 0 saturated heterocycles. The van der Waals surface area contributed by atoms with Crippen LogP contribution in [0.4, 0.5) is 0 Å². The summed E-state index contributed by atoms with van der Waals surface area (Å²) in [6, 6.07) is 8.22. The molecule has 2 rings (SSSR count). The molecule has 0 fully saturated rings. The molecule has 1 aromatic heterocycles. The van der Waals surface area contributed by atoms with Gasteiger partial charge in [0.05, 0.1) is 9.62 Å². The van der Waals surface area contributed by atoms with Gasteiger partial charge in [0, 0.05) is 6.54 Å². The van der Waals surface area contributed by atoms with Crippen molar-refractivity contribution < 1.29 is 4.42 Å². The van der Waals surface area contributed by atoms with Gasteiger partial charge in [0.1, 0.15) is 6.26 Å². The first-order valence-corrected chi connectivity index (χ1v) is 5.87. The van der Waals surface area contributed by atoms with Gasteiger partial charge in [0.15, 0.2) is 6.39 Å². The molecule has 15 heavy (non-hydrogen) atoms. The molecule has 1 atom stereocenters. The Morgan fingerprint density at radius 1 is 1.47 bits per heavy atom. The van der Waals surface area contributed by atoms with Crippen molar-refractivity contribution in [2.75, 3.05) is 0 Å². The standard InChI is InChI=1S/C11H11IN2O/c12-11(10-6-15-7-14-10)9-3-1-2-8(4-9)5-13/h1-4,6-7,11H,5,13H2. The number of benzene rings is 1. The van der Waals surface area contributed by atoms with Crippen LogP contribution < -0.4 is 5.73 Å². The van der Waals surface area contributed by atoms with E-state index in [0.29, 0.717) is 6.54 Å². The van der Waals surface area contributed by atoms with Crippen LogP contribution in [0.2, 0.25) is 0 Å². The lowest BCUT2D eigenvalue weighted by molar-refractivity contribution is 0.556. The van der Waals surface area contributed by atoms with E-state index in [1.807, 2.05) is 12.1 Å². The van der Waals surface area contributed by atoms with Crippen molar-refractivity contribution >= 4 is 22.6 Å². The van der Waals surface area contributed by atoms with Crippen LogP contribution in [0.1, 0.15) is 20.7 Å². The van der Waals surface area contributed by atoms with Crippen molar-refractivity contribution in [3.05, 3.63) is 53.7 Å². The topological polar surface area (TPSA) is 52.0 Å². The Labute approximate surface area is 102 Å². The number of alkyl halides is 1. The summed E-state index contributed by atoms with van der Waals surface area (Å²) in [5.41, 5.74) is 8.87. The highest BCUT2D eigenvalue weighted by Gasteiger charge is 2.12. The van der Waals surface area contributed by atoms with Gasteiger partial charge >= 0.3 is 0 Å². The van der Waals surface area contributed by atoms with Crippen LogP contribution in [0.5, 0.6) is 0 Å². The SMILES string of the molecule is NCc1cccc(C(I)c2cocn2)c1. The third kappa shape index (κ3) is 2.38. The minimum Gasteiger partial charge on any atom is -0.451 e. The lowest BCUT2D eigenvalue weighted by atomic mass is 10.1. The van der Waals surface area contributed by atoms with Crippen LogP contribution in [0, 0.1) is 0 Å². The zero-order valence-corrected chi connectivity index (χ0v) is 10.2. The number of halogens is 1. The highest BCUT2D eigenvalue weighted by Crippen LogP contribution is 2.30. The quantitative estimate of drug-likeness (QED) is 0.700. The average Bonchev–Trinajstić information content (AvgIpc) is 2.81. The number of aromatic nitrogens is 1. The Kier molecular flexibility index (Phi) is 3.37. The second kappa shape index (κ2) is 4.76. The Balaban J connectivity index is 2.29. The summed E-state index contributed by atoms with van der Waals surface area (Å²) < 4.78 is 5.19. The molecular formula is C11H11IN2O. The summed E-state index contributed by atoms with van der Waals surface area (Å²) in [5.74, 6) is 0. The molecule has 0 saturated carbocycles. The van der Waals surface area contributed by atoms with Crippen LogP contribution in [-0.4, -0.2) is 4.98 Å². The van der Waals surface area contributed by atoms with E-state index in [1.54, 1.807) is 6.26 Å². The number of nitrogens with two attached hydrogens (primary N) is 1. The predicted octanol–water partition coefficient (Wildman–Crippen LogP) is 2.66. The second-order valence-electron chi connectivity index (χ2n) is 3.23. The predicted molar refractivity (Wildman–Crippen MR) is 66.7 cm³/mol. The molecule has 78 valence electrons. The molecule has 0 radical (unpaired) electrons. The third-order valence-electron chi connectivity index (χ3n) is 2.19. The van der Waals surface area contributed by atoms with Crippen LogP contribution in [0.25, 0.3) is 0 Å². The maximum atomic E-state index is 5.60. The monoisotopic (exact) mass is 314 g/mol. The maximum absolute atomic E-state index is 5.60. The largest absolute Gasteiger partial charge is 0.451 e. The summed E-state index contributed by atoms with van der Waals surface area (Å²) >= 11 is 2.34. The minimum absolute atomic E-state index is 0.216. The molecule has 4 heteroatoms. The molecule has 3 nitrogen and oxygen atoms in total. The minimum atomic E-state index is 0.216. The number of oxazole rings is 1. The van der Waals surface area contributed by atoms with Crippen molar-refractivity contribution in [2.24, 2.45) is 5.73 Å². The van der Waals surface area contributed by atoms with Gasteiger partial charge in [-0.2, -0.15) is 0 Å². The van der Waals surface area contributed by atoms with Crippen molar-refractivity contribution in [2.45, 2.75) is 10.5 Å². The van der Waals surface area contributed by atoms with Crippen molar-refractivity contribution in [1.29, 1.82) is 0 Å². The summed E-state index contributed by atoms with van der Waals surface area (Å²) in [5, 5.41) is 0. The van der Waals surface area contributed by atoms with Crippen molar-refractivity contribution in [1.82, 2.24) is 4.98 Å². The molecule has 1 aromatic carbocycles. The van der Waals surface area contributed by atoms with Crippen LogP contribution in [0.15, 0.2) is 41.3 Å². The van der Waals surface area contributed by atoms with Gasteiger partial charge in [-0.05, 0) is 11.1 Å². The van der Waals surface area contributed by atoms with Crippen molar-refractivity contribution in [3.63, 3.8) is 0 Å². The van der Waals surface area contributed by atoms with Gasteiger partial charge < -0.3 is 10.2 Å². The Morgan fingerprint density at radius 3 is 3.00 bits per heavy atom. The Hall–Kier alpha value is -0.880. The van der Waals surface area contributed by atoms with Crippen LogP contribution >= 0.6 is 22.6 Å². The zero-order chi connectivity index (χ0) is 10.7. The smallest absolute Gasteiger partial charge is 0.180 e. The number of hydrogen-bond donors (Lipinski definition) is 1. The summed E-state index contributed by atoms with van der Waals surface area (Å²) in [7, 11) is 0.